The normalized spacial score (nSPS) is 27.3. The molecule has 2 heterocycles. The van der Waals surface area contributed by atoms with E-state index in [-0.39, 0.29) is 41.4 Å². The Morgan fingerprint density at radius 3 is 2.34 bits per heavy atom. The van der Waals surface area contributed by atoms with Gasteiger partial charge in [0.1, 0.15) is 24.0 Å². The molecular weight excluding hydrogens is 607 g/mol. The molecule has 5 rings (SSSR count). The van der Waals surface area contributed by atoms with Gasteiger partial charge in [-0.2, -0.15) is 0 Å². The highest BCUT2D eigenvalue weighted by Gasteiger charge is 2.47. The first-order valence-corrected chi connectivity index (χ1v) is 16.9. The van der Waals surface area contributed by atoms with Gasteiger partial charge in [0.05, 0.1) is 12.1 Å². The van der Waals surface area contributed by atoms with Crippen LogP contribution in [0.25, 0.3) is 10.9 Å². The number of carbonyl (C=O) groups is 4. The van der Waals surface area contributed by atoms with E-state index >= 15 is 0 Å². The molecule has 3 aliphatic rings. The van der Waals surface area contributed by atoms with Crippen molar-refractivity contribution in [1.29, 1.82) is 0 Å². The molecule has 0 unspecified atom stereocenters. The van der Waals surface area contributed by atoms with E-state index in [0.717, 1.165) is 32.1 Å². The average Bonchev–Trinajstić information content (AvgIpc) is 3.68. The summed E-state index contributed by atoms with van der Waals surface area (Å²) in [6.07, 6.45) is 6.31. The van der Waals surface area contributed by atoms with Crippen molar-refractivity contribution in [3.05, 3.63) is 30.0 Å². The minimum Gasteiger partial charge on any atom is -0.477 e. The molecule has 0 radical (unpaired) electrons. The molecule has 11 nitrogen and oxygen atoms in total. The maximum absolute atomic E-state index is 14.1. The molecule has 0 bridgehead atoms. The van der Waals surface area contributed by atoms with Gasteiger partial charge in [0.15, 0.2) is 0 Å². The molecule has 1 aliphatic heterocycles. The fraction of sp³-hybridized carbons (Fsp3) is 0.657. The number of hydrogen-bond donors (Lipinski definition) is 4. The lowest BCUT2D eigenvalue weighted by atomic mass is 9.75. The number of fused-ring (bicyclic) bond motifs is 1. The first-order valence-electron chi connectivity index (χ1n) is 16.9. The highest BCUT2D eigenvalue weighted by atomic mass is 19.1. The number of anilines is 1. The summed E-state index contributed by atoms with van der Waals surface area (Å²) in [5.74, 6) is -1.43. The van der Waals surface area contributed by atoms with Crippen LogP contribution in [0, 0.1) is 23.7 Å². The van der Waals surface area contributed by atoms with Crippen LogP contribution in [0.5, 0.6) is 0 Å². The molecule has 3 fully saturated rings. The number of alkyl carbamates (subject to hydrolysis) is 1. The second kappa shape index (κ2) is 14.6. The Morgan fingerprint density at radius 2 is 1.72 bits per heavy atom. The molecule has 258 valence electrons. The number of carboxylic acid groups (broad SMARTS) is 1. The number of aromatic carboxylic acids is 1. The highest BCUT2D eigenvalue weighted by Crippen LogP contribution is 2.42. The van der Waals surface area contributed by atoms with Crippen molar-refractivity contribution < 1.29 is 38.1 Å². The lowest BCUT2D eigenvalue weighted by Gasteiger charge is -2.38. The van der Waals surface area contributed by atoms with Gasteiger partial charge < -0.3 is 35.1 Å². The maximum Gasteiger partial charge on any atom is 0.407 e. The summed E-state index contributed by atoms with van der Waals surface area (Å²) >= 11 is 0. The zero-order valence-corrected chi connectivity index (χ0v) is 27.9. The maximum atomic E-state index is 14.1. The molecule has 2 saturated carbocycles. The van der Waals surface area contributed by atoms with Gasteiger partial charge in [-0.05, 0) is 121 Å². The molecule has 2 aromatic rings. The van der Waals surface area contributed by atoms with Gasteiger partial charge >= 0.3 is 12.1 Å². The molecule has 1 aromatic carbocycles. The van der Waals surface area contributed by atoms with Crippen LogP contribution in [0.2, 0.25) is 0 Å². The zero-order valence-electron chi connectivity index (χ0n) is 27.9. The predicted octanol–water partition coefficient (Wildman–Crippen LogP) is 5.90. The molecule has 3 atom stereocenters. The third-order valence-corrected chi connectivity index (χ3v) is 10.3. The monoisotopic (exact) mass is 656 g/mol. The molecule has 4 N–H and O–H groups in total. The second-order valence-corrected chi connectivity index (χ2v) is 14.5. The Bertz CT molecular complexity index is 1440. The molecule has 3 amide bonds. The summed E-state index contributed by atoms with van der Waals surface area (Å²) < 4.78 is 24.9. The van der Waals surface area contributed by atoms with Crippen molar-refractivity contribution >= 4 is 40.5 Å². The number of benzene rings is 1. The number of alkyl halides is 1. The lowest BCUT2D eigenvalue weighted by molar-refractivity contribution is -0.142. The Balaban J connectivity index is 1.28. The molecule has 47 heavy (non-hydrogen) atoms. The van der Waals surface area contributed by atoms with E-state index in [2.05, 4.69) is 15.6 Å². The van der Waals surface area contributed by atoms with Crippen LogP contribution in [0.4, 0.5) is 14.9 Å². The van der Waals surface area contributed by atoms with Crippen molar-refractivity contribution in [1.82, 2.24) is 15.2 Å². The molecule has 1 aromatic heterocycles. The Kier molecular flexibility index (Phi) is 10.8. The van der Waals surface area contributed by atoms with E-state index in [1.165, 1.54) is 6.07 Å². The minimum atomic E-state index is -1.06. The SMILES string of the molecule is COC1CCC([C@@H]2CCN(C(=O)[C@H]3CC[C@H]([C@H](CF)NC(=O)OC(C)(C)C)CC3)[C@@H]2C(=O)Nc2ccc3[nH]c(C(=O)O)cc3c2)CC1. The van der Waals surface area contributed by atoms with E-state index in [4.69, 9.17) is 9.47 Å². The van der Waals surface area contributed by atoms with Gasteiger partial charge in [0, 0.05) is 36.2 Å². The number of halogens is 1. The highest BCUT2D eigenvalue weighted by molar-refractivity contribution is 6.00. The smallest absolute Gasteiger partial charge is 0.407 e. The van der Waals surface area contributed by atoms with Gasteiger partial charge in [-0.15, -0.1) is 0 Å². The third kappa shape index (κ3) is 8.25. The van der Waals surface area contributed by atoms with E-state index in [0.29, 0.717) is 54.7 Å². The van der Waals surface area contributed by atoms with Crippen LogP contribution in [0.15, 0.2) is 24.3 Å². The summed E-state index contributed by atoms with van der Waals surface area (Å²) in [5, 5.41) is 15.7. The Hall–Kier alpha value is -3.67. The van der Waals surface area contributed by atoms with Crippen molar-refractivity contribution in [3.63, 3.8) is 0 Å². The summed E-state index contributed by atoms with van der Waals surface area (Å²) in [6, 6.07) is 5.43. The van der Waals surface area contributed by atoms with E-state index < -0.39 is 36.4 Å². The largest absolute Gasteiger partial charge is 0.477 e. The second-order valence-electron chi connectivity index (χ2n) is 14.5. The van der Waals surface area contributed by atoms with Gasteiger partial charge in [0.25, 0.3) is 0 Å². The van der Waals surface area contributed by atoms with E-state index in [9.17, 15) is 28.7 Å². The number of nitrogens with zero attached hydrogens (tertiary/aromatic N) is 1. The molecule has 2 aliphatic carbocycles. The standard InChI is InChI=1S/C35H49FN4O7/c1-35(2,3)47-34(45)39-29(19-36)21-5-7-22(8-6-21)32(42)40-16-15-26(20-9-12-25(46-4)13-10-20)30(40)31(41)37-24-11-14-27-23(17-24)18-28(38-27)33(43)44/h11,14,17-18,20-22,25-26,29-30,38H,5-10,12-13,15-16,19H2,1-4H3,(H,37,41)(H,39,45)(H,43,44)/t20?,21-,22-,25?,26-,29-,30-/m0/s1. The fourth-order valence-electron chi connectivity index (χ4n) is 7.93. The van der Waals surface area contributed by atoms with Gasteiger partial charge in [-0.25, -0.2) is 14.0 Å². The number of hydrogen-bond acceptors (Lipinski definition) is 6. The van der Waals surface area contributed by atoms with Gasteiger partial charge in [-0.1, -0.05) is 0 Å². The average molecular weight is 657 g/mol. The van der Waals surface area contributed by atoms with Crippen LogP contribution in [-0.4, -0.2) is 83.0 Å². The molecular formula is C35H49FN4O7. The molecule has 0 spiro atoms. The summed E-state index contributed by atoms with van der Waals surface area (Å²) in [7, 11) is 1.73. The number of methoxy groups -OCH3 is 1. The zero-order chi connectivity index (χ0) is 33.9. The van der Waals surface area contributed by atoms with Gasteiger partial charge in [0.2, 0.25) is 11.8 Å². The number of H-pyrrole nitrogens is 1. The predicted molar refractivity (Wildman–Crippen MR) is 175 cm³/mol. The van der Waals surface area contributed by atoms with Gasteiger partial charge in [-0.3, -0.25) is 9.59 Å². The van der Waals surface area contributed by atoms with E-state index in [1.54, 1.807) is 51.0 Å². The number of ether oxygens (including phenoxy) is 2. The van der Waals surface area contributed by atoms with Crippen LogP contribution in [0.1, 0.15) is 89.0 Å². The quantitative estimate of drug-likeness (QED) is 0.263. The number of nitrogens with one attached hydrogen (secondary N) is 3. The summed E-state index contributed by atoms with van der Waals surface area (Å²) in [6.45, 7) is 5.05. The number of rotatable bonds is 9. The number of aromatic nitrogens is 1. The van der Waals surface area contributed by atoms with Crippen molar-refractivity contribution in [2.45, 2.75) is 102 Å². The van der Waals surface area contributed by atoms with Crippen molar-refractivity contribution in [2.75, 3.05) is 25.6 Å². The Morgan fingerprint density at radius 1 is 1.02 bits per heavy atom. The van der Waals surface area contributed by atoms with Crippen LogP contribution < -0.4 is 10.6 Å². The van der Waals surface area contributed by atoms with Crippen molar-refractivity contribution in [2.24, 2.45) is 23.7 Å². The number of carbonyl (C=O) groups excluding carboxylic acids is 3. The van der Waals surface area contributed by atoms with Crippen molar-refractivity contribution in [3.8, 4) is 0 Å². The van der Waals surface area contributed by atoms with E-state index in [1.807, 2.05) is 0 Å². The summed E-state index contributed by atoms with van der Waals surface area (Å²) in [5.41, 5.74) is 0.566. The summed E-state index contributed by atoms with van der Waals surface area (Å²) in [4.78, 5) is 56.6. The number of likely N-dealkylation sites (tertiary alicyclic amines) is 1. The minimum absolute atomic E-state index is 0.0108. The van der Waals surface area contributed by atoms with Crippen LogP contribution in [-0.2, 0) is 19.1 Å². The number of carboxylic acids is 1. The molecule has 1 saturated heterocycles. The molecule has 12 heteroatoms. The number of aromatic amines is 1. The lowest BCUT2D eigenvalue weighted by Crippen LogP contribution is -2.50. The van der Waals surface area contributed by atoms with Crippen LogP contribution in [0.3, 0.4) is 0 Å². The Labute approximate surface area is 275 Å². The fourth-order valence-corrected chi connectivity index (χ4v) is 7.93. The third-order valence-electron chi connectivity index (χ3n) is 10.3. The number of amides is 3. The first-order chi connectivity index (χ1) is 22.4. The first kappa shape index (κ1) is 34.7. The van der Waals surface area contributed by atoms with Crippen LogP contribution >= 0.6 is 0 Å². The topological polar surface area (TPSA) is 150 Å².